The van der Waals surface area contributed by atoms with Gasteiger partial charge < -0.3 is 49.8 Å². The van der Waals surface area contributed by atoms with Crippen molar-refractivity contribution in [3.05, 3.63) is 101 Å². The van der Waals surface area contributed by atoms with Crippen LogP contribution in [-0.4, -0.2) is 127 Å². The van der Waals surface area contributed by atoms with E-state index in [9.17, 15) is 33.0 Å². The molecule has 2 aromatic carbocycles. The van der Waals surface area contributed by atoms with E-state index in [1.165, 1.54) is 17.0 Å². The topological polar surface area (TPSA) is 215 Å². The summed E-state index contributed by atoms with van der Waals surface area (Å²) in [6.45, 7) is 8.03. The van der Waals surface area contributed by atoms with Gasteiger partial charge in [0.1, 0.15) is 36.2 Å². The maximum absolute atomic E-state index is 14.1. The summed E-state index contributed by atoms with van der Waals surface area (Å²) < 4.78 is 63.9. The number of nitrogens with two attached hydrogens (primary N) is 1. The number of nitrogens with zero attached hydrogens (tertiary/aromatic N) is 7. The van der Waals surface area contributed by atoms with Gasteiger partial charge in [0.25, 0.3) is 5.88 Å². The fourth-order valence-corrected chi connectivity index (χ4v) is 11.8. The normalized spacial score (nSPS) is 25.0. The molecule has 3 aromatic heterocycles. The summed E-state index contributed by atoms with van der Waals surface area (Å²) in [5.41, 5.74) is 9.47. The summed E-state index contributed by atoms with van der Waals surface area (Å²) in [6, 6.07) is 18.5. The third-order valence-corrected chi connectivity index (χ3v) is 15.8. The molecular formula is C55H66F3N9O8. The number of rotatable bonds is 17. The molecule has 75 heavy (non-hydrogen) atoms. The van der Waals surface area contributed by atoms with Crippen LogP contribution in [0.2, 0.25) is 0 Å². The highest BCUT2D eigenvalue weighted by molar-refractivity contribution is 5.91. The van der Waals surface area contributed by atoms with E-state index < -0.39 is 47.7 Å². The van der Waals surface area contributed by atoms with Gasteiger partial charge in [-0.1, -0.05) is 38.1 Å². The van der Waals surface area contributed by atoms with Crippen LogP contribution in [0.5, 0.6) is 17.5 Å². The lowest BCUT2D eigenvalue weighted by Crippen LogP contribution is -2.48. The molecule has 4 saturated heterocycles. The summed E-state index contributed by atoms with van der Waals surface area (Å²) in [6.07, 6.45) is 4.28. The van der Waals surface area contributed by atoms with E-state index in [0.717, 1.165) is 87.8 Å². The number of carbonyl (C=O) groups is 2. The van der Waals surface area contributed by atoms with E-state index in [-0.39, 0.29) is 60.5 Å². The van der Waals surface area contributed by atoms with E-state index in [4.69, 9.17) is 24.5 Å². The Morgan fingerprint density at radius 1 is 0.880 bits per heavy atom. The Morgan fingerprint density at radius 3 is 2.32 bits per heavy atom. The molecular weight excluding hydrogens is 972 g/mol. The number of pyridine rings is 1. The van der Waals surface area contributed by atoms with Gasteiger partial charge in [-0.15, -0.1) is 10.2 Å². The van der Waals surface area contributed by atoms with Gasteiger partial charge in [-0.25, -0.2) is 4.98 Å². The number of alkyl halides is 3. The van der Waals surface area contributed by atoms with E-state index in [2.05, 4.69) is 47.6 Å². The molecule has 400 valence electrons. The number of hydrogen-bond acceptors (Lipinski definition) is 15. The number of phenolic OH excluding ortho intramolecular Hbond substituents is 1. The molecule has 2 amide bonds. The minimum atomic E-state index is -4.48. The number of aliphatic hydroxyl groups excluding tert-OH is 1. The van der Waals surface area contributed by atoms with Crippen LogP contribution in [0.3, 0.4) is 0 Å². The summed E-state index contributed by atoms with van der Waals surface area (Å²) >= 11 is 0. The Kier molecular flexibility index (Phi) is 15.2. The van der Waals surface area contributed by atoms with Crippen molar-refractivity contribution in [1.82, 2.24) is 35.5 Å². The Hall–Kier alpha value is -6.51. The van der Waals surface area contributed by atoms with Gasteiger partial charge in [-0.05, 0) is 104 Å². The number of hydrogen-bond donors (Lipinski definition) is 4. The van der Waals surface area contributed by atoms with Gasteiger partial charge in [0.05, 0.1) is 35.6 Å². The van der Waals surface area contributed by atoms with Gasteiger partial charge in [0, 0.05) is 92.7 Å². The molecule has 5 aromatic rings. The van der Waals surface area contributed by atoms with Crippen LogP contribution in [0, 0.1) is 5.92 Å². The van der Waals surface area contributed by atoms with Crippen molar-refractivity contribution in [2.75, 3.05) is 43.4 Å². The van der Waals surface area contributed by atoms with Crippen molar-refractivity contribution in [2.45, 2.75) is 145 Å². The van der Waals surface area contributed by atoms with Crippen LogP contribution < -0.4 is 25.4 Å². The lowest BCUT2D eigenvalue weighted by atomic mass is 9.84. The highest BCUT2D eigenvalue weighted by Crippen LogP contribution is 2.47. The van der Waals surface area contributed by atoms with Crippen LogP contribution in [0.1, 0.15) is 119 Å². The number of phenols is 1. The van der Waals surface area contributed by atoms with Crippen LogP contribution in [0.4, 0.5) is 24.7 Å². The molecule has 0 radical (unpaired) electrons. The first-order valence-corrected chi connectivity index (χ1v) is 26.3. The van der Waals surface area contributed by atoms with Gasteiger partial charge in [0.15, 0.2) is 5.76 Å². The number of amides is 2. The Labute approximate surface area is 433 Å². The molecule has 20 heteroatoms. The summed E-state index contributed by atoms with van der Waals surface area (Å²) in [5.74, 6) is 0.000632. The van der Waals surface area contributed by atoms with Crippen molar-refractivity contribution >= 4 is 23.3 Å². The highest BCUT2D eigenvalue weighted by Gasteiger charge is 2.45. The summed E-state index contributed by atoms with van der Waals surface area (Å²) in [7, 11) is 0. The molecule has 10 rings (SSSR count). The van der Waals surface area contributed by atoms with Crippen molar-refractivity contribution in [3.8, 4) is 28.8 Å². The largest absolute Gasteiger partial charge is 0.507 e. The van der Waals surface area contributed by atoms with Crippen molar-refractivity contribution in [3.63, 3.8) is 0 Å². The lowest BCUT2D eigenvalue weighted by molar-refractivity contribution is -0.141. The van der Waals surface area contributed by atoms with Crippen LogP contribution >= 0.6 is 0 Å². The van der Waals surface area contributed by atoms with Crippen LogP contribution in [0.25, 0.3) is 11.3 Å². The third-order valence-electron chi connectivity index (χ3n) is 15.8. The number of nitrogens with one attached hydrogen (secondary N) is 1. The van der Waals surface area contributed by atoms with Gasteiger partial charge in [0.2, 0.25) is 17.7 Å². The zero-order valence-corrected chi connectivity index (χ0v) is 42.4. The average molecular weight is 1040 g/mol. The molecule has 17 nitrogen and oxygen atoms in total. The standard InChI is InChI=1S/C55H66F3N9O8/c1-31(2)51(54(71)66-30-39(68)25-46(66)53(70)61-32(3)33-8-10-35(11-9-33)55(56,57)58)48-29-50(64-75-48)72-21-20-65-18-15-40(16-19-65)73-41-26-42(27-41)74-49-24-38(14-17-60-49)67-36-12-13-37(67)23-34(22-36)44-28-45(62-63-52(44)59)43-6-4-5-7-47(43)69/h4-11,14,17,24,28-29,31-32,34,36-37,39-42,46,51,68-69H,12-13,15-16,18-23,25-27,30H2,1-3H3,(H2,59,63)(H,61,70)/t32-,34?,36?,37?,39+,41?,42?,46-,51+/m0/s1. The minimum Gasteiger partial charge on any atom is -0.507 e. The molecule has 5 fully saturated rings. The maximum atomic E-state index is 14.1. The average Bonchev–Trinajstić information content (AvgIpc) is 4.09. The van der Waals surface area contributed by atoms with E-state index in [1.54, 1.807) is 25.1 Å². The van der Waals surface area contributed by atoms with Crippen molar-refractivity contribution < 1.29 is 51.7 Å². The number of ether oxygens (including phenoxy) is 3. The second kappa shape index (κ2) is 22.0. The minimum absolute atomic E-state index is 0.0137. The molecule has 7 heterocycles. The van der Waals surface area contributed by atoms with Crippen LogP contribution in [-0.2, 0) is 20.5 Å². The number of anilines is 2. The number of likely N-dealkylation sites (tertiary alicyclic amines) is 2. The third kappa shape index (κ3) is 11.7. The Morgan fingerprint density at radius 2 is 1.61 bits per heavy atom. The lowest BCUT2D eigenvalue weighted by Gasteiger charge is -2.41. The number of benzene rings is 2. The predicted octanol–water partition coefficient (Wildman–Crippen LogP) is 7.80. The summed E-state index contributed by atoms with van der Waals surface area (Å²) in [5, 5.41) is 36.5. The molecule has 2 unspecified atom stereocenters. The fraction of sp³-hybridized carbons (Fsp3) is 0.527. The first-order valence-electron chi connectivity index (χ1n) is 26.3. The monoisotopic (exact) mass is 1040 g/mol. The summed E-state index contributed by atoms with van der Waals surface area (Å²) in [4.78, 5) is 38.4. The predicted molar refractivity (Wildman–Crippen MR) is 271 cm³/mol. The zero-order valence-electron chi connectivity index (χ0n) is 42.4. The SMILES string of the molecule is CC(C)[C@@H](C(=O)N1C[C@H](O)C[C@H]1C(=O)N[C@@H](C)c1ccc(C(F)(F)F)cc1)c1cc(OCCN2CCC(OC3CC(Oc4cc(N5C6CCC5CC(c5cc(-c7ccccc7O)nnc5N)C6)ccn4)C3)CC2)no1. The van der Waals surface area contributed by atoms with Gasteiger partial charge in [-0.3, -0.25) is 14.5 Å². The molecule has 2 bridgehead atoms. The molecule has 4 aliphatic heterocycles. The second-order valence-corrected chi connectivity index (χ2v) is 21.3. The number of aliphatic hydroxyl groups is 1. The first kappa shape index (κ1) is 52.0. The number of halogens is 3. The maximum Gasteiger partial charge on any atom is 0.416 e. The molecule has 1 saturated carbocycles. The van der Waals surface area contributed by atoms with Crippen molar-refractivity contribution in [1.29, 1.82) is 0 Å². The number of carbonyl (C=O) groups excluding carboxylic acids is 2. The smallest absolute Gasteiger partial charge is 0.416 e. The highest BCUT2D eigenvalue weighted by atomic mass is 19.4. The number of piperidine rings is 2. The molecule has 0 spiro atoms. The number of fused-ring (bicyclic) bond motifs is 2. The quantitative estimate of drug-likeness (QED) is 0.0699. The number of nitrogen functional groups attached to an aromatic ring is 1. The fourth-order valence-electron chi connectivity index (χ4n) is 11.8. The Bertz CT molecular complexity index is 2770. The zero-order chi connectivity index (χ0) is 52.5. The van der Waals surface area contributed by atoms with E-state index >= 15 is 0 Å². The number of β-amino-alcohol motifs (C(OH)–C–C–N with tert-alkyl or cyclic N) is 1. The molecule has 1 aliphatic carbocycles. The molecule has 6 atom stereocenters. The van der Waals surface area contributed by atoms with Crippen molar-refractivity contribution in [2.24, 2.45) is 5.92 Å². The Balaban J connectivity index is 0.642. The second-order valence-electron chi connectivity index (χ2n) is 21.3. The number of aromatic nitrogens is 4. The van der Waals surface area contributed by atoms with Crippen LogP contribution in [0.15, 0.2) is 83.5 Å². The number of aromatic hydroxyl groups is 1. The molecule has 5 N–H and O–H groups in total. The van der Waals surface area contributed by atoms with Gasteiger partial charge >= 0.3 is 6.18 Å². The molecule has 5 aliphatic rings. The van der Waals surface area contributed by atoms with E-state index in [1.807, 2.05) is 38.2 Å². The first-order chi connectivity index (χ1) is 36.0. The van der Waals surface area contributed by atoms with Gasteiger partial charge in [-0.2, -0.15) is 13.2 Å². The van der Waals surface area contributed by atoms with E-state index in [0.29, 0.717) is 53.8 Å². The number of para-hydroxylation sites is 1.